The van der Waals surface area contributed by atoms with Crippen molar-refractivity contribution >= 4 is 5.91 Å². The number of aliphatic hydroxyl groups is 1. The van der Waals surface area contributed by atoms with Crippen molar-refractivity contribution < 1.29 is 18.7 Å². The fourth-order valence-corrected chi connectivity index (χ4v) is 3.06. The van der Waals surface area contributed by atoms with Gasteiger partial charge in [-0.2, -0.15) is 0 Å². The maximum absolute atomic E-state index is 13.5. The van der Waals surface area contributed by atoms with Gasteiger partial charge < -0.3 is 10.4 Å². The highest BCUT2D eigenvalue weighted by Gasteiger charge is 2.24. The first kappa shape index (κ1) is 16.9. The smallest absolute Gasteiger partial charge is 0.220 e. The van der Waals surface area contributed by atoms with Crippen LogP contribution >= 0.6 is 0 Å². The van der Waals surface area contributed by atoms with Gasteiger partial charge in [0.2, 0.25) is 5.91 Å². The van der Waals surface area contributed by atoms with E-state index >= 15 is 0 Å². The summed E-state index contributed by atoms with van der Waals surface area (Å²) in [6.45, 7) is 0.0729. The molecule has 1 aromatic rings. The third kappa shape index (κ3) is 4.50. The highest BCUT2D eigenvalue weighted by Crippen LogP contribution is 2.23. The SMILES string of the molecule is O=C(CCc1cccc(F)c1F)NC1CCCCCC1CO. The molecular weight excluding hydrogens is 288 g/mol. The van der Waals surface area contributed by atoms with Gasteiger partial charge in [0.25, 0.3) is 0 Å². The van der Waals surface area contributed by atoms with Gasteiger partial charge in [0.05, 0.1) is 0 Å². The fourth-order valence-electron chi connectivity index (χ4n) is 3.06. The monoisotopic (exact) mass is 311 g/mol. The van der Waals surface area contributed by atoms with Crippen LogP contribution in [-0.4, -0.2) is 23.7 Å². The number of nitrogens with one attached hydrogen (secondary N) is 1. The van der Waals surface area contributed by atoms with Crippen LogP contribution in [0.15, 0.2) is 18.2 Å². The number of carbonyl (C=O) groups excluding carboxylic acids is 1. The number of benzene rings is 1. The predicted octanol–water partition coefficient (Wildman–Crippen LogP) is 2.95. The Hall–Kier alpha value is -1.49. The van der Waals surface area contributed by atoms with Gasteiger partial charge in [0.1, 0.15) is 0 Å². The van der Waals surface area contributed by atoms with Gasteiger partial charge >= 0.3 is 0 Å². The van der Waals surface area contributed by atoms with Crippen LogP contribution in [0, 0.1) is 17.6 Å². The number of aliphatic hydroxyl groups excluding tert-OH is 1. The van der Waals surface area contributed by atoms with Crippen molar-refractivity contribution in [3.63, 3.8) is 0 Å². The summed E-state index contributed by atoms with van der Waals surface area (Å²) in [5.41, 5.74) is 0.217. The summed E-state index contributed by atoms with van der Waals surface area (Å²) in [6.07, 6.45) is 5.32. The van der Waals surface area contributed by atoms with E-state index in [0.717, 1.165) is 38.2 Å². The molecule has 1 aromatic carbocycles. The Morgan fingerprint density at radius 1 is 1.23 bits per heavy atom. The zero-order valence-corrected chi connectivity index (χ0v) is 12.7. The average Bonchev–Trinajstić information content (AvgIpc) is 2.73. The Kier molecular flexibility index (Phi) is 6.31. The van der Waals surface area contributed by atoms with E-state index in [1.165, 1.54) is 12.1 Å². The van der Waals surface area contributed by atoms with Gasteiger partial charge in [-0.15, -0.1) is 0 Å². The van der Waals surface area contributed by atoms with Crippen molar-refractivity contribution in [1.82, 2.24) is 5.32 Å². The van der Waals surface area contributed by atoms with E-state index in [2.05, 4.69) is 5.32 Å². The summed E-state index contributed by atoms with van der Waals surface area (Å²) in [4.78, 5) is 12.0. The first-order valence-electron chi connectivity index (χ1n) is 7.95. The molecule has 2 N–H and O–H groups in total. The van der Waals surface area contributed by atoms with Crippen LogP contribution in [0.2, 0.25) is 0 Å². The minimum atomic E-state index is -0.887. The van der Waals surface area contributed by atoms with E-state index in [4.69, 9.17) is 0 Å². The average molecular weight is 311 g/mol. The minimum absolute atomic E-state index is 0.0163. The molecule has 1 aliphatic carbocycles. The summed E-state index contributed by atoms with van der Waals surface area (Å²) in [7, 11) is 0. The van der Waals surface area contributed by atoms with Crippen LogP contribution in [0.3, 0.4) is 0 Å². The topological polar surface area (TPSA) is 49.3 Å². The molecule has 3 nitrogen and oxygen atoms in total. The molecule has 1 aliphatic rings. The van der Waals surface area contributed by atoms with Crippen LogP contribution in [0.4, 0.5) is 8.78 Å². The molecule has 122 valence electrons. The summed E-state index contributed by atoms with van der Waals surface area (Å²) in [5.74, 6) is -1.84. The van der Waals surface area contributed by atoms with Crippen molar-refractivity contribution in [2.45, 2.75) is 51.0 Å². The molecule has 0 aromatic heterocycles. The molecule has 2 atom stereocenters. The van der Waals surface area contributed by atoms with Crippen molar-refractivity contribution in [1.29, 1.82) is 0 Å². The summed E-state index contributed by atoms with van der Waals surface area (Å²) in [5, 5.41) is 12.4. The number of aryl methyl sites for hydroxylation is 1. The highest BCUT2D eigenvalue weighted by molar-refractivity contribution is 5.76. The van der Waals surface area contributed by atoms with E-state index in [-0.39, 0.29) is 42.9 Å². The molecule has 0 radical (unpaired) electrons. The van der Waals surface area contributed by atoms with Gasteiger partial charge in [-0.1, -0.05) is 31.4 Å². The van der Waals surface area contributed by atoms with Crippen molar-refractivity contribution in [3.05, 3.63) is 35.4 Å². The lowest BCUT2D eigenvalue weighted by atomic mass is 9.95. The molecular formula is C17H23F2NO2. The first-order chi connectivity index (χ1) is 10.6. The van der Waals surface area contributed by atoms with Crippen LogP contribution in [0.5, 0.6) is 0 Å². The number of carbonyl (C=O) groups is 1. The number of halogens is 2. The standard InChI is InChI=1S/C17H23F2NO2/c18-14-7-4-6-12(17(14)19)9-10-16(22)20-15-8-3-1-2-5-13(15)11-21/h4,6-7,13,15,21H,1-3,5,8-11H2,(H,20,22). The van der Waals surface area contributed by atoms with Crippen LogP contribution < -0.4 is 5.32 Å². The summed E-state index contributed by atoms with van der Waals surface area (Å²) in [6, 6.07) is 3.99. The van der Waals surface area contributed by atoms with Gasteiger partial charge in [-0.3, -0.25) is 4.79 Å². The van der Waals surface area contributed by atoms with Crippen LogP contribution in [-0.2, 0) is 11.2 Å². The van der Waals surface area contributed by atoms with Gasteiger partial charge in [-0.05, 0) is 30.9 Å². The Labute approximate surface area is 129 Å². The van der Waals surface area contributed by atoms with E-state index < -0.39 is 11.6 Å². The Morgan fingerprint density at radius 2 is 2.00 bits per heavy atom. The molecule has 1 amide bonds. The Balaban J connectivity index is 1.88. The zero-order chi connectivity index (χ0) is 15.9. The summed E-state index contributed by atoms with van der Waals surface area (Å²) < 4.78 is 26.7. The lowest BCUT2D eigenvalue weighted by Crippen LogP contribution is -2.41. The molecule has 0 spiro atoms. The second kappa shape index (κ2) is 8.22. The maximum Gasteiger partial charge on any atom is 0.220 e. The Morgan fingerprint density at radius 3 is 2.77 bits per heavy atom. The lowest BCUT2D eigenvalue weighted by molar-refractivity contribution is -0.122. The maximum atomic E-state index is 13.5. The molecule has 2 rings (SSSR count). The van der Waals surface area contributed by atoms with Crippen LogP contribution in [0.25, 0.3) is 0 Å². The largest absolute Gasteiger partial charge is 0.396 e. The molecule has 22 heavy (non-hydrogen) atoms. The summed E-state index contributed by atoms with van der Waals surface area (Å²) >= 11 is 0. The molecule has 5 heteroatoms. The van der Waals surface area contributed by atoms with E-state index in [9.17, 15) is 18.7 Å². The molecule has 0 bridgehead atoms. The van der Waals surface area contributed by atoms with E-state index in [1.54, 1.807) is 0 Å². The fraction of sp³-hybridized carbons (Fsp3) is 0.588. The molecule has 2 unspecified atom stereocenters. The van der Waals surface area contributed by atoms with Crippen molar-refractivity contribution in [2.24, 2.45) is 5.92 Å². The van der Waals surface area contributed by atoms with E-state index in [0.29, 0.717) is 0 Å². The minimum Gasteiger partial charge on any atom is -0.396 e. The second-order valence-electron chi connectivity index (χ2n) is 5.97. The highest BCUT2D eigenvalue weighted by atomic mass is 19.2. The first-order valence-corrected chi connectivity index (χ1v) is 7.95. The lowest BCUT2D eigenvalue weighted by Gasteiger charge is -2.24. The third-order valence-electron chi connectivity index (χ3n) is 4.39. The van der Waals surface area contributed by atoms with Crippen molar-refractivity contribution in [3.8, 4) is 0 Å². The number of hydrogen-bond donors (Lipinski definition) is 2. The quantitative estimate of drug-likeness (QED) is 0.821. The normalized spacial score (nSPS) is 22.1. The predicted molar refractivity (Wildman–Crippen MR) is 80.3 cm³/mol. The molecule has 0 saturated heterocycles. The zero-order valence-electron chi connectivity index (χ0n) is 12.7. The number of amides is 1. The van der Waals surface area contributed by atoms with Crippen LogP contribution in [0.1, 0.15) is 44.1 Å². The third-order valence-corrected chi connectivity index (χ3v) is 4.39. The second-order valence-corrected chi connectivity index (χ2v) is 5.97. The Bertz CT molecular complexity index is 507. The van der Waals surface area contributed by atoms with Gasteiger partial charge in [0, 0.05) is 25.0 Å². The molecule has 1 saturated carbocycles. The van der Waals surface area contributed by atoms with Gasteiger partial charge in [-0.25, -0.2) is 8.78 Å². The van der Waals surface area contributed by atoms with Crippen molar-refractivity contribution in [2.75, 3.05) is 6.61 Å². The number of rotatable bonds is 5. The molecule has 0 aliphatic heterocycles. The van der Waals surface area contributed by atoms with Gasteiger partial charge in [0.15, 0.2) is 11.6 Å². The molecule has 1 fully saturated rings. The number of hydrogen-bond acceptors (Lipinski definition) is 2. The van der Waals surface area contributed by atoms with E-state index in [1.807, 2.05) is 0 Å². The molecule has 0 heterocycles.